The lowest BCUT2D eigenvalue weighted by Crippen LogP contribution is -2.29. The van der Waals surface area contributed by atoms with E-state index in [4.69, 9.17) is 17.3 Å². The number of nitrogens with two attached hydrogens (primary N) is 1. The predicted octanol–water partition coefficient (Wildman–Crippen LogP) is 3.65. The van der Waals surface area contributed by atoms with E-state index in [0.717, 1.165) is 40.6 Å². The van der Waals surface area contributed by atoms with Gasteiger partial charge in [0.25, 0.3) is 5.56 Å². The quantitative estimate of drug-likeness (QED) is 0.881. The van der Waals surface area contributed by atoms with Gasteiger partial charge in [0.05, 0.1) is 6.54 Å². The Kier molecular flexibility index (Phi) is 4.20. The molecule has 0 bridgehead atoms. The van der Waals surface area contributed by atoms with Crippen molar-refractivity contribution in [2.24, 2.45) is 5.73 Å². The van der Waals surface area contributed by atoms with E-state index >= 15 is 0 Å². The zero-order valence-corrected chi connectivity index (χ0v) is 13.8. The average Bonchev–Trinajstić information content (AvgIpc) is 2.44. The summed E-state index contributed by atoms with van der Waals surface area (Å²) in [5, 5.41) is 0.661. The summed E-state index contributed by atoms with van der Waals surface area (Å²) in [6.45, 7) is 0.487. The van der Waals surface area contributed by atoms with E-state index in [1.54, 1.807) is 6.07 Å². The molecule has 21 heavy (non-hydrogen) atoms. The standard InChI is InChI=1S/C16H16BrClN2O/c17-11-5-4-10(13(18)8-11)9-20-15-3-1-2-14(19)12(15)6-7-16(20)21/h4-8,14H,1-3,9,19H2. The Hall–Kier alpha value is -1.10. The van der Waals surface area contributed by atoms with E-state index in [-0.39, 0.29) is 11.6 Å². The Morgan fingerprint density at radius 2 is 2.14 bits per heavy atom. The summed E-state index contributed by atoms with van der Waals surface area (Å²) in [5.41, 5.74) is 9.25. The summed E-state index contributed by atoms with van der Waals surface area (Å²) in [7, 11) is 0. The van der Waals surface area contributed by atoms with Gasteiger partial charge in [-0.25, -0.2) is 0 Å². The van der Waals surface area contributed by atoms with Crippen molar-refractivity contribution in [3.05, 3.63) is 67.0 Å². The van der Waals surface area contributed by atoms with Gasteiger partial charge in [-0.1, -0.05) is 39.7 Å². The van der Waals surface area contributed by atoms with Crippen LogP contribution in [0, 0.1) is 0 Å². The molecule has 1 atom stereocenters. The van der Waals surface area contributed by atoms with Crippen molar-refractivity contribution in [1.29, 1.82) is 0 Å². The van der Waals surface area contributed by atoms with Gasteiger partial charge in [0, 0.05) is 27.3 Å². The summed E-state index contributed by atoms with van der Waals surface area (Å²) >= 11 is 9.67. The molecule has 110 valence electrons. The minimum Gasteiger partial charge on any atom is -0.324 e. The third-order valence-electron chi connectivity index (χ3n) is 4.00. The van der Waals surface area contributed by atoms with Crippen molar-refractivity contribution in [3.8, 4) is 0 Å². The first-order valence-electron chi connectivity index (χ1n) is 6.98. The lowest BCUT2D eigenvalue weighted by molar-refractivity contribution is 0.529. The Bertz CT molecular complexity index is 742. The molecule has 5 heteroatoms. The lowest BCUT2D eigenvalue weighted by Gasteiger charge is -2.25. The molecule has 0 fully saturated rings. The van der Waals surface area contributed by atoms with E-state index in [9.17, 15) is 4.79 Å². The fourth-order valence-electron chi connectivity index (χ4n) is 2.89. The van der Waals surface area contributed by atoms with Crippen LogP contribution in [0.1, 0.15) is 35.7 Å². The predicted molar refractivity (Wildman–Crippen MR) is 88.8 cm³/mol. The molecule has 1 aliphatic carbocycles. The Balaban J connectivity index is 2.06. The van der Waals surface area contributed by atoms with Crippen molar-refractivity contribution in [2.45, 2.75) is 31.8 Å². The van der Waals surface area contributed by atoms with E-state index < -0.39 is 0 Å². The molecule has 1 heterocycles. The van der Waals surface area contributed by atoms with Gasteiger partial charge in [-0.2, -0.15) is 0 Å². The highest BCUT2D eigenvalue weighted by atomic mass is 79.9. The molecule has 3 rings (SSSR count). The molecular weight excluding hydrogens is 352 g/mol. The molecule has 1 unspecified atom stereocenters. The molecule has 1 aliphatic rings. The molecule has 2 aromatic rings. The van der Waals surface area contributed by atoms with Crippen molar-refractivity contribution in [1.82, 2.24) is 4.57 Å². The van der Waals surface area contributed by atoms with Crippen LogP contribution in [0.4, 0.5) is 0 Å². The minimum absolute atomic E-state index is 0.00170. The Labute approximate surface area is 136 Å². The summed E-state index contributed by atoms with van der Waals surface area (Å²) in [4.78, 5) is 12.3. The molecule has 0 spiro atoms. The smallest absolute Gasteiger partial charge is 0.251 e. The number of nitrogens with zero attached hydrogens (tertiary/aromatic N) is 1. The topological polar surface area (TPSA) is 48.0 Å². The van der Waals surface area contributed by atoms with Crippen LogP contribution in [0.5, 0.6) is 0 Å². The second-order valence-electron chi connectivity index (χ2n) is 5.39. The third-order valence-corrected chi connectivity index (χ3v) is 4.85. The van der Waals surface area contributed by atoms with Crippen molar-refractivity contribution in [3.63, 3.8) is 0 Å². The van der Waals surface area contributed by atoms with E-state index in [2.05, 4.69) is 15.9 Å². The van der Waals surface area contributed by atoms with E-state index in [1.807, 2.05) is 28.8 Å². The van der Waals surface area contributed by atoms with Gasteiger partial charge < -0.3 is 10.3 Å². The van der Waals surface area contributed by atoms with E-state index in [1.165, 1.54) is 0 Å². The third kappa shape index (κ3) is 2.93. The van der Waals surface area contributed by atoms with Crippen LogP contribution in [-0.2, 0) is 13.0 Å². The SMILES string of the molecule is NC1CCCc2c1ccc(=O)n2Cc1ccc(Br)cc1Cl. The van der Waals surface area contributed by atoms with E-state index in [0.29, 0.717) is 11.6 Å². The maximum Gasteiger partial charge on any atom is 0.251 e. The number of pyridine rings is 1. The van der Waals surface area contributed by atoms with Gasteiger partial charge in [-0.05, 0) is 42.5 Å². The maximum absolute atomic E-state index is 12.3. The molecule has 3 nitrogen and oxygen atoms in total. The Morgan fingerprint density at radius 1 is 1.33 bits per heavy atom. The van der Waals surface area contributed by atoms with Crippen molar-refractivity contribution >= 4 is 27.5 Å². The van der Waals surface area contributed by atoms with Gasteiger partial charge >= 0.3 is 0 Å². The maximum atomic E-state index is 12.3. The lowest BCUT2D eigenvalue weighted by atomic mass is 9.91. The molecule has 0 saturated heterocycles. The van der Waals surface area contributed by atoms with Gasteiger partial charge in [-0.15, -0.1) is 0 Å². The second kappa shape index (κ2) is 5.95. The first kappa shape index (κ1) is 14.8. The van der Waals surface area contributed by atoms with Gasteiger partial charge in [0.1, 0.15) is 0 Å². The largest absolute Gasteiger partial charge is 0.324 e. The van der Waals surface area contributed by atoms with Gasteiger partial charge in [0.15, 0.2) is 0 Å². The highest BCUT2D eigenvalue weighted by molar-refractivity contribution is 9.10. The number of benzene rings is 1. The number of hydrogen-bond acceptors (Lipinski definition) is 2. The van der Waals surface area contributed by atoms with Crippen LogP contribution < -0.4 is 11.3 Å². The van der Waals surface area contributed by atoms with Crippen LogP contribution in [0.2, 0.25) is 5.02 Å². The molecular formula is C16H16BrClN2O. The van der Waals surface area contributed by atoms with Crippen LogP contribution in [0.3, 0.4) is 0 Å². The summed E-state index contributed by atoms with van der Waals surface area (Å²) in [5.74, 6) is 0. The van der Waals surface area contributed by atoms with Crippen LogP contribution in [0.25, 0.3) is 0 Å². The molecule has 1 aromatic heterocycles. The monoisotopic (exact) mass is 366 g/mol. The van der Waals surface area contributed by atoms with Crippen LogP contribution in [0.15, 0.2) is 39.6 Å². The molecule has 1 aromatic carbocycles. The normalized spacial score (nSPS) is 17.6. The number of halogens is 2. The molecule has 0 aliphatic heterocycles. The second-order valence-corrected chi connectivity index (χ2v) is 6.72. The molecule has 0 amide bonds. The fraction of sp³-hybridized carbons (Fsp3) is 0.312. The number of aromatic nitrogens is 1. The molecule has 2 N–H and O–H groups in total. The highest BCUT2D eigenvalue weighted by Gasteiger charge is 2.20. The summed E-state index contributed by atoms with van der Waals surface area (Å²) < 4.78 is 2.74. The zero-order chi connectivity index (χ0) is 15.0. The molecule has 0 saturated carbocycles. The number of rotatable bonds is 2. The number of fused-ring (bicyclic) bond motifs is 1. The Morgan fingerprint density at radius 3 is 2.90 bits per heavy atom. The minimum atomic E-state index is 0.00170. The van der Waals surface area contributed by atoms with Crippen LogP contribution >= 0.6 is 27.5 Å². The van der Waals surface area contributed by atoms with Crippen molar-refractivity contribution < 1.29 is 0 Å². The fourth-order valence-corrected chi connectivity index (χ4v) is 3.62. The van der Waals surface area contributed by atoms with Crippen LogP contribution in [-0.4, -0.2) is 4.57 Å². The first-order chi connectivity index (χ1) is 10.1. The first-order valence-corrected chi connectivity index (χ1v) is 8.15. The summed E-state index contributed by atoms with van der Waals surface area (Å²) in [6.07, 6.45) is 2.89. The average molecular weight is 368 g/mol. The molecule has 0 radical (unpaired) electrons. The van der Waals surface area contributed by atoms with Crippen molar-refractivity contribution in [2.75, 3.05) is 0 Å². The van der Waals surface area contributed by atoms with Gasteiger partial charge in [0.2, 0.25) is 0 Å². The number of hydrogen-bond donors (Lipinski definition) is 1. The zero-order valence-electron chi connectivity index (χ0n) is 11.5. The summed E-state index contributed by atoms with van der Waals surface area (Å²) in [6, 6.07) is 9.25. The highest BCUT2D eigenvalue weighted by Crippen LogP contribution is 2.28. The van der Waals surface area contributed by atoms with Gasteiger partial charge in [-0.3, -0.25) is 4.79 Å².